The van der Waals surface area contributed by atoms with Crippen molar-refractivity contribution in [1.29, 1.82) is 0 Å². The number of aromatic amines is 1. The van der Waals surface area contributed by atoms with Gasteiger partial charge in [-0.25, -0.2) is 0 Å². The average Bonchev–Trinajstić information content (AvgIpc) is 3.39. The first kappa shape index (κ1) is 19.0. The highest BCUT2D eigenvalue weighted by Gasteiger charge is 2.09. The largest absolute Gasteiger partial charge is 0.361 e. The van der Waals surface area contributed by atoms with E-state index in [0.717, 1.165) is 29.4 Å². The minimum absolute atomic E-state index is 0.0444. The van der Waals surface area contributed by atoms with Crippen molar-refractivity contribution in [3.8, 4) is 0 Å². The average molecular weight is 404 g/mol. The molecule has 4 aromatic rings. The Labute approximate surface area is 172 Å². The van der Waals surface area contributed by atoms with Gasteiger partial charge in [0.15, 0.2) is 0 Å². The fourth-order valence-electron chi connectivity index (χ4n) is 3.17. The van der Waals surface area contributed by atoms with Crippen LogP contribution in [-0.4, -0.2) is 16.8 Å². The van der Waals surface area contributed by atoms with E-state index in [1.165, 1.54) is 4.88 Å². The summed E-state index contributed by atoms with van der Waals surface area (Å²) in [7, 11) is 0. The molecule has 5 nitrogen and oxygen atoms in total. The van der Waals surface area contributed by atoms with Crippen LogP contribution in [0.2, 0.25) is 0 Å². The van der Waals surface area contributed by atoms with Crippen molar-refractivity contribution in [3.63, 3.8) is 0 Å². The minimum Gasteiger partial charge on any atom is -0.361 e. The molecule has 0 aliphatic rings. The maximum absolute atomic E-state index is 12.6. The van der Waals surface area contributed by atoms with Gasteiger partial charge >= 0.3 is 0 Å². The van der Waals surface area contributed by atoms with Crippen LogP contribution in [0.4, 0.5) is 11.4 Å². The highest BCUT2D eigenvalue weighted by atomic mass is 32.1. The van der Waals surface area contributed by atoms with E-state index in [2.05, 4.69) is 21.7 Å². The second-order valence-corrected chi connectivity index (χ2v) is 7.83. The molecule has 2 amide bonds. The Bertz CT molecular complexity index is 1130. The molecule has 0 bridgehead atoms. The van der Waals surface area contributed by atoms with E-state index in [1.54, 1.807) is 35.6 Å². The van der Waals surface area contributed by atoms with Crippen molar-refractivity contribution in [2.24, 2.45) is 0 Å². The summed E-state index contributed by atoms with van der Waals surface area (Å²) in [6, 6.07) is 18.8. The molecule has 0 spiro atoms. The third-order valence-electron chi connectivity index (χ3n) is 4.63. The molecule has 0 fully saturated rings. The van der Waals surface area contributed by atoms with Crippen LogP contribution in [0, 0.1) is 0 Å². The quantitative estimate of drug-likeness (QED) is 0.384. The van der Waals surface area contributed by atoms with Crippen molar-refractivity contribution in [2.45, 2.75) is 19.3 Å². The Morgan fingerprint density at radius 1 is 0.931 bits per heavy atom. The Morgan fingerprint density at radius 2 is 1.83 bits per heavy atom. The van der Waals surface area contributed by atoms with Crippen LogP contribution in [0.5, 0.6) is 0 Å². The number of carbonyl (C=O) groups excluding carboxylic acids is 2. The SMILES string of the molecule is O=C(CCCc1cccs1)Nc1cccc(C(=O)Nc2ccc3[nH]ccc3c2)c1. The fraction of sp³-hybridized carbons (Fsp3) is 0.130. The van der Waals surface area contributed by atoms with Crippen LogP contribution in [0.25, 0.3) is 10.9 Å². The monoisotopic (exact) mass is 403 g/mol. The topological polar surface area (TPSA) is 74.0 Å². The highest BCUT2D eigenvalue weighted by Crippen LogP contribution is 2.19. The van der Waals surface area contributed by atoms with E-state index < -0.39 is 0 Å². The summed E-state index contributed by atoms with van der Waals surface area (Å²) < 4.78 is 0. The third-order valence-corrected chi connectivity index (χ3v) is 5.56. The number of hydrogen-bond donors (Lipinski definition) is 3. The molecular weight excluding hydrogens is 382 g/mol. The summed E-state index contributed by atoms with van der Waals surface area (Å²) in [4.78, 5) is 29.2. The van der Waals surface area contributed by atoms with Crippen LogP contribution in [0.3, 0.4) is 0 Å². The van der Waals surface area contributed by atoms with Gasteiger partial charge in [-0.1, -0.05) is 12.1 Å². The van der Waals surface area contributed by atoms with Gasteiger partial charge in [0.2, 0.25) is 5.91 Å². The molecule has 0 saturated heterocycles. The first-order valence-electron chi connectivity index (χ1n) is 9.48. The van der Waals surface area contributed by atoms with Crippen LogP contribution in [0.15, 0.2) is 72.2 Å². The number of amides is 2. The lowest BCUT2D eigenvalue weighted by Crippen LogP contribution is -2.14. The Kier molecular flexibility index (Phi) is 5.72. The molecule has 0 aliphatic carbocycles. The lowest BCUT2D eigenvalue weighted by Gasteiger charge is -2.09. The van der Waals surface area contributed by atoms with Gasteiger partial charge in [-0.3, -0.25) is 9.59 Å². The van der Waals surface area contributed by atoms with E-state index in [0.29, 0.717) is 17.7 Å². The lowest BCUT2D eigenvalue weighted by molar-refractivity contribution is -0.116. The van der Waals surface area contributed by atoms with E-state index in [-0.39, 0.29) is 11.8 Å². The molecular formula is C23H21N3O2S. The number of aryl methyl sites for hydroxylation is 1. The smallest absolute Gasteiger partial charge is 0.255 e. The molecule has 3 N–H and O–H groups in total. The summed E-state index contributed by atoms with van der Waals surface area (Å²) in [5.41, 5.74) is 2.87. The number of anilines is 2. The fourth-order valence-corrected chi connectivity index (χ4v) is 3.93. The Balaban J connectivity index is 1.34. The number of benzene rings is 2. The number of carbonyl (C=O) groups is 2. The second kappa shape index (κ2) is 8.75. The zero-order valence-electron chi connectivity index (χ0n) is 15.8. The lowest BCUT2D eigenvalue weighted by atomic mass is 10.1. The standard InChI is InChI=1S/C23H21N3O2S/c27-22(8-2-6-20-7-3-13-29-20)25-18-5-1-4-17(15-18)23(28)26-19-9-10-21-16(14-19)11-12-24-21/h1,3-5,7,9-15,24H,2,6,8H2,(H,25,27)(H,26,28). The van der Waals surface area contributed by atoms with E-state index in [4.69, 9.17) is 0 Å². The number of hydrogen-bond acceptors (Lipinski definition) is 3. The van der Waals surface area contributed by atoms with Crippen LogP contribution >= 0.6 is 11.3 Å². The summed E-state index contributed by atoms with van der Waals surface area (Å²) in [6.45, 7) is 0. The summed E-state index contributed by atoms with van der Waals surface area (Å²) in [6.07, 6.45) is 4.01. The van der Waals surface area contributed by atoms with Crippen molar-refractivity contribution >= 4 is 45.4 Å². The van der Waals surface area contributed by atoms with Crippen LogP contribution in [0.1, 0.15) is 28.1 Å². The summed E-state index contributed by atoms with van der Waals surface area (Å²) in [5.74, 6) is -0.259. The van der Waals surface area contributed by atoms with Crippen molar-refractivity contribution in [3.05, 3.63) is 82.7 Å². The molecule has 0 aliphatic heterocycles. The maximum Gasteiger partial charge on any atom is 0.255 e. The first-order valence-corrected chi connectivity index (χ1v) is 10.4. The summed E-state index contributed by atoms with van der Waals surface area (Å²) in [5, 5.41) is 8.87. The first-order chi connectivity index (χ1) is 14.2. The second-order valence-electron chi connectivity index (χ2n) is 6.80. The predicted molar refractivity (Wildman–Crippen MR) is 119 cm³/mol. The number of aromatic nitrogens is 1. The predicted octanol–water partition coefficient (Wildman–Crippen LogP) is 5.44. The molecule has 2 heterocycles. The molecule has 0 unspecified atom stereocenters. The van der Waals surface area contributed by atoms with Crippen molar-refractivity contribution in [2.75, 3.05) is 10.6 Å². The van der Waals surface area contributed by atoms with Gasteiger partial charge in [0.25, 0.3) is 5.91 Å². The van der Waals surface area contributed by atoms with Gasteiger partial charge in [-0.15, -0.1) is 11.3 Å². The highest BCUT2D eigenvalue weighted by molar-refractivity contribution is 7.09. The normalized spacial score (nSPS) is 10.8. The van der Waals surface area contributed by atoms with Crippen molar-refractivity contribution in [1.82, 2.24) is 4.98 Å². The number of thiophene rings is 1. The Morgan fingerprint density at radius 3 is 2.69 bits per heavy atom. The van der Waals surface area contributed by atoms with Crippen LogP contribution < -0.4 is 10.6 Å². The van der Waals surface area contributed by atoms with E-state index >= 15 is 0 Å². The molecule has 2 aromatic carbocycles. The zero-order valence-corrected chi connectivity index (χ0v) is 16.6. The van der Waals surface area contributed by atoms with E-state index in [9.17, 15) is 9.59 Å². The molecule has 0 atom stereocenters. The maximum atomic E-state index is 12.6. The Hall–Kier alpha value is -3.38. The van der Waals surface area contributed by atoms with Crippen molar-refractivity contribution < 1.29 is 9.59 Å². The van der Waals surface area contributed by atoms with Gasteiger partial charge in [0, 0.05) is 45.3 Å². The minimum atomic E-state index is -0.214. The van der Waals surface area contributed by atoms with Gasteiger partial charge in [-0.2, -0.15) is 0 Å². The zero-order chi connectivity index (χ0) is 20.1. The molecule has 2 aromatic heterocycles. The molecule has 4 rings (SSSR count). The molecule has 29 heavy (non-hydrogen) atoms. The van der Waals surface area contributed by atoms with Gasteiger partial charge in [-0.05, 0) is 66.8 Å². The van der Waals surface area contributed by atoms with Crippen LogP contribution in [-0.2, 0) is 11.2 Å². The number of nitrogens with one attached hydrogen (secondary N) is 3. The van der Waals surface area contributed by atoms with Gasteiger partial charge in [0.1, 0.15) is 0 Å². The van der Waals surface area contributed by atoms with E-state index in [1.807, 2.05) is 41.9 Å². The summed E-state index contributed by atoms with van der Waals surface area (Å²) >= 11 is 1.71. The molecule has 0 radical (unpaired) electrons. The third kappa shape index (κ3) is 4.92. The molecule has 0 saturated carbocycles. The number of H-pyrrole nitrogens is 1. The number of fused-ring (bicyclic) bond motifs is 1. The van der Waals surface area contributed by atoms with Gasteiger partial charge < -0.3 is 15.6 Å². The van der Waals surface area contributed by atoms with Gasteiger partial charge in [0.05, 0.1) is 0 Å². The number of rotatable bonds is 7. The molecule has 6 heteroatoms. The molecule has 146 valence electrons.